The van der Waals surface area contributed by atoms with Crippen molar-refractivity contribution in [3.8, 4) is 0 Å². The number of nitrogens with one attached hydrogen (secondary N) is 3. The van der Waals surface area contributed by atoms with Gasteiger partial charge < -0.3 is 4.74 Å². The van der Waals surface area contributed by atoms with Crippen molar-refractivity contribution in [2.75, 3.05) is 19.8 Å². The number of carbonyl (C=O) groups excluding carboxylic acids is 1. The number of aliphatic imine (C=N–C) groups is 1. The molecule has 0 unspecified atom stereocenters. The van der Waals surface area contributed by atoms with Crippen LogP contribution in [0.2, 0.25) is 0 Å². The van der Waals surface area contributed by atoms with Crippen molar-refractivity contribution >= 4 is 12.4 Å². The van der Waals surface area contributed by atoms with Gasteiger partial charge >= 0.3 is 6.03 Å². The highest BCUT2D eigenvalue weighted by Gasteiger charge is 1.93. The number of hydrogen-bond acceptors (Lipinski definition) is 6. The van der Waals surface area contributed by atoms with Gasteiger partial charge in [0.25, 0.3) is 0 Å². The summed E-state index contributed by atoms with van der Waals surface area (Å²) in [5.41, 5.74) is 10.5. The highest BCUT2D eigenvalue weighted by atomic mass is 16.7. The van der Waals surface area contributed by atoms with Crippen molar-refractivity contribution in [2.45, 2.75) is 19.8 Å². The zero-order valence-corrected chi connectivity index (χ0v) is 9.23. The molecule has 92 valence electrons. The molecular weight excluding hydrogens is 214 g/mol. The number of rotatable bonds is 9. The second-order valence-electron chi connectivity index (χ2n) is 2.73. The fraction of sp³-hybridized carbons (Fsp3) is 0.750. The van der Waals surface area contributed by atoms with E-state index in [0.29, 0.717) is 26.2 Å². The van der Waals surface area contributed by atoms with Gasteiger partial charge in [0.2, 0.25) is 0 Å². The zero-order chi connectivity index (χ0) is 12.1. The van der Waals surface area contributed by atoms with Crippen molar-refractivity contribution in [3.05, 3.63) is 0 Å². The minimum Gasteiger partial charge on any atom is -0.484 e. The molecule has 0 aliphatic heterocycles. The largest absolute Gasteiger partial charge is 0.484 e. The molecule has 8 heteroatoms. The molecule has 0 aliphatic rings. The highest BCUT2D eigenvalue weighted by molar-refractivity contribution is 5.72. The fourth-order valence-electron chi connectivity index (χ4n) is 0.663. The van der Waals surface area contributed by atoms with E-state index < -0.39 is 6.03 Å². The molecule has 0 aromatic heterocycles. The first-order valence-corrected chi connectivity index (χ1v) is 4.95. The van der Waals surface area contributed by atoms with E-state index in [9.17, 15) is 4.79 Å². The predicted molar refractivity (Wildman–Crippen MR) is 57.0 cm³/mol. The summed E-state index contributed by atoms with van der Waals surface area (Å²) >= 11 is 0. The molecule has 0 aliphatic carbocycles. The third-order valence-corrected chi connectivity index (χ3v) is 1.34. The number of amides is 2. The average Bonchev–Trinajstić information content (AvgIpc) is 2.31. The second kappa shape index (κ2) is 11.5. The number of urea groups is 1. The Morgan fingerprint density at radius 1 is 1.50 bits per heavy atom. The topological polar surface area (TPSA) is 108 Å². The summed E-state index contributed by atoms with van der Waals surface area (Å²) in [7, 11) is 0. The van der Waals surface area contributed by atoms with Crippen molar-refractivity contribution < 1.29 is 14.4 Å². The third-order valence-electron chi connectivity index (χ3n) is 1.34. The number of hydrazine groups is 1. The molecule has 0 aromatic carbocycles. The monoisotopic (exact) mass is 231 g/mol. The Morgan fingerprint density at radius 2 is 2.31 bits per heavy atom. The molecule has 0 saturated heterocycles. The Labute approximate surface area is 93.8 Å². The van der Waals surface area contributed by atoms with E-state index in [1.54, 1.807) is 0 Å². The molecule has 0 saturated carbocycles. The van der Waals surface area contributed by atoms with Crippen LogP contribution in [0.5, 0.6) is 0 Å². The Kier molecular flexibility index (Phi) is 10.4. The third kappa shape index (κ3) is 10.5. The summed E-state index contributed by atoms with van der Waals surface area (Å²) in [6.45, 7) is 3.65. The Morgan fingerprint density at radius 3 is 3.00 bits per heavy atom. The van der Waals surface area contributed by atoms with Crippen LogP contribution in [0, 0.1) is 5.53 Å². The predicted octanol–water partition coefficient (Wildman–Crippen LogP) is 1.01. The molecular formula is C8H17N5O3. The lowest BCUT2D eigenvalue weighted by molar-refractivity contribution is 0.0195. The molecule has 0 bridgehead atoms. The highest BCUT2D eigenvalue weighted by Crippen LogP contribution is 1.82. The molecule has 8 nitrogen and oxygen atoms in total. The van der Waals surface area contributed by atoms with Crippen molar-refractivity contribution in [1.82, 2.24) is 11.0 Å². The summed E-state index contributed by atoms with van der Waals surface area (Å²) in [6.07, 6.45) is 3.07. The first-order valence-electron chi connectivity index (χ1n) is 4.95. The van der Waals surface area contributed by atoms with E-state index in [2.05, 4.69) is 15.7 Å². The van der Waals surface area contributed by atoms with E-state index in [-0.39, 0.29) is 0 Å². The van der Waals surface area contributed by atoms with Gasteiger partial charge in [0.05, 0.1) is 13.2 Å². The summed E-state index contributed by atoms with van der Waals surface area (Å²) in [5.74, 6) is 0. The van der Waals surface area contributed by atoms with Gasteiger partial charge in [-0.2, -0.15) is 5.53 Å². The molecule has 0 heterocycles. The van der Waals surface area contributed by atoms with Gasteiger partial charge in [-0.05, 0) is 12.8 Å². The van der Waals surface area contributed by atoms with Crippen LogP contribution in [-0.4, -0.2) is 32.2 Å². The van der Waals surface area contributed by atoms with Gasteiger partial charge in [-0.25, -0.2) is 10.2 Å². The number of hydrogen-bond donors (Lipinski definition) is 3. The van der Waals surface area contributed by atoms with Gasteiger partial charge in [0.1, 0.15) is 0 Å². The molecule has 0 fully saturated rings. The van der Waals surface area contributed by atoms with Gasteiger partial charge in [0.15, 0.2) is 6.40 Å². The Bertz CT molecular complexity index is 222. The maximum absolute atomic E-state index is 10.4. The summed E-state index contributed by atoms with van der Waals surface area (Å²) < 4.78 is 5.02. The summed E-state index contributed by atoms with van der Waals surface area (Å²) in [5, 5.41) is 2.58. The van der Waals surface area contributed by atoms with E-state index in [0.717, 1.165) is 6.42 Å². The number of nitrogens with zero attached hydrogens (tertiary/aromatic N) is 2. The molecule has 0 aromatic rings. The molecule has 0 rings (SSSR count). The fourth-order valence-corrected chi connectivity index (χ4v) is 0.663. The molecule has 0 radical (unpaired) electrons. The first-order chi connectivity index (χ1) is 7.81. The van der Waals surface area contributed by atoms with Crippen LogP contribution in [0.1, 0.15) is 19.8 Å². The van der Waals surface area contributed by atoms with Crippen LogP contribution >= 0.6 is 0 Å². The van der Waals surface area contributed by atoms with Crippen molar-refractivity contribution in [3.63, 3.8) is 0 Å². The van der Waals surface area contributed by atoms with Crippen LogP contribution in [0.4, 0.5) is 4.79 Å². The second-order valence-corrected chi connectivity index (χ2v) is 2.73. The van der Waals surface area contributed by atoms with Crippen LogP contribution < -0.4 is 11.0 Å². The lowest BCUT2D eigenvalue weighted by Crippen LogP contribution is -2.35. The van der Waals surface area contributed by atoms with E-state index >= 15 is 0 Å². The van der Waals surface area contributed by atoms with E-state index in [1.807, 2.05) is 12.3 Å². The average molecular weight is 231 g/mol. The maximum Gasteiger partial charge on any atom is 0.375 e. The zero-order valence-electron chi connectivity index (χ0n) is 9.23. The van der Waals surface area contributed by atoms with E-state index in [4.69, 9.17) is 15.1 Å². The van der Waals surface area contributed by atoms with Crippen LogP contribution in [0.25, 0.3) is 0 Å². The Balaban J connectivity index is 3.12. The van der Waals surface area contributed by atoms with Gasteiger partial charge in [0, 0.05) is 6.54 Å². The first kappa shape index (κ1) is 14.5. The lowest BCUT2D eigenvalue weighted by atomic mass is 10.5. The van der Waals surface area contributed by atoms with Crippen LogP contribution in [0.3, 0.4) is 0 Å². The van der Waals surface area contributed by atoms with E-state index in [1.165, 1.54) is 6.40 Å². The minimum absolute atomic E-state index is 0.378. The molecule has 0 spiro atoms. The molecule has 0 atom stereocenters. The number of ether oxygens (including phenoxy) is 1. The standard InChI is InChI=1S/C8H17N5O3/c1-2-5-15-7-10-4-3-6-16-13-12-8(14)11-9/h7,9,13H,2-6H2,1H3,(H,12,14). The number of carbonyl (C=O) groups is 1. The lowest BCUT2D eigenvalue weighted by Gasteiger charge is -2.03. The van der Waals surface area contributed by atoms with Crippen molar-refractivity contribution in [2.24, 2.45) is 10.1 Å². The Hall–Kier alpha value is -1.54. The molecule has 16 heavy (non-hydrogen) atoms. The normalized spacial score (nSPS) is 10.3. The smallest absolute Gasteiger partial charge is 0.375 e. The van der Waals surface area contributed by atoms with Crippen LogP contribution in [0.15, 0.2) is 10.1 Å². The van der Waals surface area contributed by atoms with Gasteiger partial charge in [-0.1, -0.05) is 12.0 Å². The molecule has 2 amide bonds. The van der Waals surface area contributed by atoms with Crippen molar-refractivity contribution in [1.29, 1.82) is 5.53 Å². The maximum atomic E-state index is 10.4. The SMILES string of the molecule is CCCOC=NCCCONNC(=O)N=N. The summed E-state index contributed by atoms with van der Waals surface area (Å²) in [6, 6.07) is -0.814. The van der Waals surface area contributed by atoms with Gasteiger partial charge in [-0.3, -0.25) is 9.83 Å². The molecule has 3 N–H and O–H groups in total. The van der Waals surface area contributed by atoms with Gasteiger partial charge in [-0.15, -0.1) is 5.59 Å². The quantitative estimate of drug-likeness (QED) is 0.181. The summed E-state index contributed by atoms with van der Waals surface area (Å²) in [4.78, 5) is 19.2. The van der Waals surface area contributed by atoms with Crippen LogP contribution in [-0.2, 0) is 9.57 Å². The minimum atomic E-state index is -0.814.